The molecule has 0 aromatic heterocycles. The van der Waals surface area contributed by atoms with Crippen LogP contribution in [0.3, 0.4) is 0 Å². The quantitative estimate of drug-likeness (QED) is 0.806. The number of ether oxygens (including phenoxy) is 2. The van der Waals surface area contributed by atoms with Crippen LogP contribution in [-0.4, -0.2) is 63.0 Å². The van der Waals surface area contributed by atoms with E-state index in [9.17, 15) is 0 Å². The van der Waals surface area contributed by atoms with Crippen LogP contribution in [0.4, 0.5) is 0 Å². The second-order valence-electron chi connectivity index (χ2n) is 6.79. The maximum Gasteiger partial charge on any atom is 0.0826 e. The summed E-state index contributed by atoms with van der Waals surface area (Å²) in [4.78, 5) is 2.54. The topological polar surface area (TPSA) is 33.7 Å². The van der Waals surface area contributed by atoms with Crippen LogP contribution in [0.1, 0.15) is 33.6 Å². The largest absolute Gasteiger partial charge is 0.381 e. The van der Waals surface area contributed by atoms with Crippen LogP contribution in [0, 0.1) is 11.8 Å². The van der Waals surface area contributed by atoms with E-state index in [2.05, 4.69) is 31.0 Å². The van der Waals surface area contributed by atoms with Gasteiger partial charge in [-0.05, 0) is 31.6 Å². The third-order valence-corrected chi connectivity index (χ3v) is 4.49. The van der Waals surface area contributed by atoms with Gasteiger partial charge in [0.05, 0.1) is 12.7 Å². The van der Waals surface area contributed by atoms with Gasteiger partial charge >= 0.3 is 0 Å². The van der Waals surface area contributed by atoms with Crippen molar-refractivity contribution in [1.82, 2.24) is 10.2 Å². The van der Waals surface area contributed by atoms with Gasteiger partial charge in [-0.15, -0.1) is 0 Å². The van der Waals surface area contributed by atoms with Gasteiger partial charge in [0.1, 0.15) is 0 Å². The molecule has 2 aliphatic heterocycles. The first-order chi connectivity index (χ1) is 9.65. The molecule has 0 bridgehead atoms. The smallest absolute Gasteiger partial charge is 0.0826 e. The van der Waals surface area contributed by atoms with E-state index in [4.69, 9.17) is 9.47 Å². The third-order valence-electron chi connectivity index (χ3n) is 4.49. The number of nitrogens with one attached hydrogen (secondary N) is 1. The molecule has 20 heavy (non-hydrogen) atoms. The summed E-state index contributed by atoms with van der Waals surface area (Å²) < 4.78 is 11.3. The molecule has 4 nitrogen and oxygen atoms in total. The van der Waals surface area contributed by atoms with Gasteiger partial charge in [0, 0.05) is 45.4 Å². The Balaban J connectivity index is 1.67. The van der Waals surface area contributed by atoms with Crippen LogP contribution in [0.5, 0.6) is 0 Å². The summed E-state index contributed by atoms with van der Waals surface area (Å²) in [6.07, 6.45) is 2.74. The van der Waals surface area contributed by atoms with Gasteiger partial charge in [0.25, 0.3) is 0 Å². The molecular formula is C16H32N2O2. The third kappa shape index (κ3) is 5.32. The Morgan fingerprint density at radius 1 is 1.15 bits per heavy atom. The fourth-order valence-corrected chi connectivity index (χ4v) is 3.29. The number of morpholine rings is 1. The maximum absolute atomic E-state index is 5.90. The van der Waals surface area contributed by atoms with E-state index in [1.54, 1.807) is 0 Å². The first kappa shape index (κ1) is 16.2. The first-order valence-corrected chi connectivity index (χ1v) is 8.30. The van der Waals surface area contributed by atoms with Crippen LogP contribution in [0.15, 0.2) is 0 Å². The Hall–Kier alpha value is -0.160. The second kappa shape index (κ2) is 8.32. The average molecular weight is 284 g/mol. The van der Waals surface area contributed by atoms with Crippen LogP contribution in [0.2, 0.25) is 0 Å². The molecule has 2 saturated heterocycles. The second-order valence-corrected chi connectivity index (χ2v) is 6.79. The molecule has 2 rings (SSSR count). The van der Waals surface area contributed by atoms with E-state index in [0.717, 1.165) is 51.3 Å². The predicted octanol–water partition coefficient (Wildman–Crippen LogP) is 1.75. The summed E-state index contributed by atoms with van der Waals surface area (Å²) in [6.45, 7) is 14.0. The minimum Gasteiger partial charge on any atom is -0.381 e. The van der Waals surface area contributed by atoms with Crippen molar-refractivity contribution in [2.24, 2.45) is 11.8 Å². The molecule has 0 amide bonds. The van der Waals surface area contributed by atoms with Gasteiger partial charge in [-0.2, -0.15) is 0 Å². The molecular weight excluding hydrogens is 252 g/mol. The van der Waals surface area contributed by atoms with Crippen molar-refractivity contribution >= 4 is 0 Å². The summed E-state index contributed by atoms with van der Waals surface area (Å²) in [5, 5.41) is 3.69. The number of hydrogen-bond acceptors (Lipinski definition) is 4. The molecule has 2 atom stereocenters. The molecule has 2 heterocycles. The molecule has 0 saturated carbocycles. The van der Waals surface area contributed by atoms with Crippen LogP contribution in [-0.2, 0) is 9.47 Å². The average Bonchev–Trinajstić information content (AvgIpc) is 2.45. The Morgan fingerprint density at radius 2 is 1.90 bits per heavy atom. The highest BCUT2D eigenvalue weighted by Gasteiger charge is 2.24. The van der Waals surface area contributed by atoms with Crippen LogP contribution in [0.25, 0.3) is 0 Å². The van der Waals surface area contributed by atoms with E-state index in [-0.39, 0.29) is 0 Å². The molecule has 0 aromatic carbocycles. The van der Waals surface area contributed by atoms with Crippen molar-refractivity contribution < 1.29 is 9.47 Å². The molecule has 0 aromatic rings. The Bertz CT molecular complexity index is 267. The lowest BCUT2D eigenvalue weighted by Gasteiger charge is -2.35. The van der Waals surface area contributed by atoms with Crippen molar-refractivity contribution in [3.8, 4) is 0 Å². The normalized spacial score (nSPS) is 27.9. The van der Waals surface area contributed by atoms with E-state index in [1.165, 1.54) is 19.4 Å². The Kier molecular flexibility index (Phi) is 6.75. The SMILES string of the molecule is CC(C)CN1CCOC(CNC(C)C2CCOCC2)C1. The van der Waals surface area contributed by atoms with Crippen molar-refractivity contribution in [1.29, 1.82) is 0 Å². The molecule has 1 N–H and O–H groups in total. The molecule has 0 spiro atoms. The fourth-order valence-electron chi connectivity index (χ4n) is 3.29. The van der Waals surface area contributed by atoms with E-state index in [1.807, 2.05) is 0 Å². The zero-order valence-corrected chi connectivity index (χ0v) is 13.4. The fraction of sp³-hybridized carbons (Fsp3) is 1.00. The summed E-state index contributed by atoms with van der Waals surface area (Å²) in [5.41, 5.74) is 0. The van der Waals surface area contributed by atoms with Gasteiger partial charge in [0.15, 0.2) is 0 Å². The van der Waals surface area contributed by atoms with Gasteiger partial charge < -0.3 is 14.8 Å². The monoisotopic (exact) mass is 284 g/mol. The van der Waals surface area contributed by atoms with Gasteiger partial charge in [-0.25, -0.2) is 0 Å². The Labute approximate surface area is 124 Å². The van der Waals surface area contributed by atoms with Crippen molar-refractivity contribution in [2.75, 3.05) is 46.0 Å². The summed E-state index contributed by atoms with van der Waals surface area (Å²) >= 11 is 0. The lowest BCUT2D eigenvalue weighted by atomic mass is 9.93. The van der Waals surface area contributed by atoms with Gasteiger partial charge in [-0.1, -0.05) is 13.8 Å². The molecule has 0 aliphatic carbocycles. The highest BCUT2D eigenvalue weighted by molar-refractivity contribution is 4.79. The first-order valence-electron chi connectivity index (χ1n) is 8.30. The van der Waals surface area contributed by atoms with Gasteiger partial charge in [0.2, 0.25) is 0 Å². The van der Waals surface area contributed by atoms with Crippen molar-refractivity contribution in [3.05, 3.63) is 0 Å². The minimum atomic E-state index is 0.352. The minimum absolute atomic E-state index is 0.352. The Morgan fingerprint density at radius 3 is 2.60 bits per heavy atom. The summed E-state index contributed by atoms with van der Waals surface area (Å²) in [6, 6.07) is 0.572. The zero-order valence-electron chi connectivity index (χ0n) is 13.4. The molecule has 2 fully saturated rings. The highest BCUT2D eigenvalue weighted by Crippen LogP contribution is 2.18. The standard InChI is InChI=1S/C16H32N2O2/c1-13(2)11-18-6-9-20-16(12-18)10-17-14(3)15-4-7-19-8-5-15/h13-17H,4-12H2,1-3H3. The van der Waals surface area contributed by atoms with Crippen molar-refractivity contribution in [2.45, 2.75) is 45.8 Å². The zero-order chi connectivity index (χ0) is 14.4. The van der Waals surface area contributed by atoms with E-state index in [0.29, 0.717) is 12.1 Å². The molecule has 0 radical (unpaired) electrons. The maximum atomic E-state index is 5.90. The molecule has 2 unspecified atom stereocenters. The molecule has 2 aliphatic rings. The van der Waals surface area contributed by atoms with Crippen LogP contribution < -0.4 is 5.32 Å². The molecule has 118 valence electrons. The molecule has 4 heteroatoms. The lowest BCUT2D eigenvalue weighted by molar-refractivity contribution is -0.0328. The predicted molar refractivity (Wildman–Crippen MR) is 82.0 cm³/mol. The highest BCUT2D eigenvalue weighted by atomic mass is 16.5. The number of rotatable bonds is 6. The van der Waals surface area contributed by atoms with Gasteiger partial charge in [-0.3, -0.25) is 4.90 Å². The number of nitrogens with zero attached hydrogens (tertiary/aromatic N) is 1. The number of hydrogen-bond donors (Lipinski definition) is 1. The van der Waals surface area contributed by atoms with Crippen molar-refractivity contribution in [3.63, 3.8) is 0 Å². The van der Waals surface area contributed by atoms with E-state index >= 15 is 0 Å². The van der Waals surface area contributed by atoms with E-state index < -0.39 is 0 Å². The summed E-state index contributed by atoms with van der Waals surface area (Å²) in [5.74, 6) is 1.50. The lowest BCUT2D eigenvalue weighted by Crippen LogP contribution is -2.49. The summed E-state index contributed by atoms with van der Waals surface area (Å²) in [7, 11) is 0. The van der Waals surface area contributed by atoms with Crippen LogP contribution >= 0.6 is 0 Å².